The van der Waals surface area contributed by atoms with Crippen LogP contribution in [-0.4, -0.2) is 5.67 Å². The second kappa shape index (κ2) is 2.34. The summed E-state index contributed by atoms with van der Waals surface area (Å²) in [6.45, 7) is 0. The van der Waals surface area contributed by atoms with Crippen LogP contribution in [0, 0.1) is 11.3 Å². The number of nitriles is 1. The van der Waals surface area contributed by atoms with Gasteiger partial charge in [-0.2, -0.15) is 5.26 Å². The molecule has 0 aromatic heterocycles. The molecular weight excluding hydrogens is 117 g/mol. The molecule has 9 heavy (non-hydrogen) atoms. The van der Waals surface area contributed by atoms with Gasteiger partial charge in [-0.05, 0) is 12.8 Å². The van der Waals surface area contributed by atoms with Gasteiger partial charge in [0.15, 0.2) is 0 Å². The summed E-state index contributed by atoms with van der Waals surface area (Å²) < 4.78 is 13.1. The highest BCUT2D eigenvalue weighted by molar-refractivity contribution is 4.92. The van der Waals surface area contributed by atoms with Crippen molar-refractivity contribution in [2.45, 2.75) is 37.8 Å². The lowest BCUT2D eigenvalue weighted by Gasteiger charge is -2.12. The fourth-order valence-electron chi connectivity index (χ4n) is 1.33. The highest BCUT2D eigenvalue weighted by atomic mass is 19.1. The lowest BCUT2D eigenvalue weighted by atomic mass is 10.0. The Hall–Kier alpha value is -0.580. The van der Waals surface area contributed by atoms with E-state index in [-0.39, 0.29) is 6.42 Å². The summed E-state index contributed by atoms with van der Waals surface area (Å²) in [7, 11) is 0. The van der Waals surface area contributed by atoms with Crippen LogP contribution >= 0.6 is 0 Å². The first kappa shape index (κ1) is 6.54. The fourth-order valence-corrected chi connectivity index (χ4v) is 1.33. The van der Waals surface area contributed by atoms with E-state index in [0.717, 1.165) is 12.8 Å². The van der Waals surface area contributed by atoms with E-state index in [1.165, 1.54) is 0 Å². The zero-order valence-corrected chi connectivity index (χ0v) is 5.36. The summed E-state index contributed by atoms with van der Waals surface area (Å²) in [5.41, 5.74) is -1.12. The Bertz CT molecular complexity index is 130. The summed E-state index contributed by atoms with van der Waals surface area (Å²) >= 11 is 0. The normalized spacial score (nSPS) is 23.6. The Balaban J connectivity index is 2.43. The Labute approximate surface area is 54.5 Å². The van der Waals surface area contributed by atoms with Crippen molar-refractivity contribution in [3.05, 3.63) is 0 Å². The van der Waals surface area contributed by atoms with Gasteiger partial charge in [0.2, 0.25) is 0 Å². The van der Waals surface area contributed by atoms with Crippen LogP contribution in [-0.2, 0) is 0 Å². The van der Waals surface area contributed by atoms with Crippen LogP contribution in [0.5, 0.6) is 0 Å². The maximum atomic E-state index is 13.1. The van der Waals surface area contributed by atoms with Crippen LogP contribution in [0.4, 0.5) is 4.39 Å². The van der Waals surface area contributed by atoms with E-state index in [0.29, 0.717) is 12.8 Å². The Morgan fingerprint density at radius 2 is 2.00 bits per heavy atom. The van der Waals surface area contributed by atoms with Gasteiger partial charge in [-0.3, -0.25) is 0 Å². The molecule has 0 aromatic rings. The van der Waals surface area contributed by atoms with E-state index in [1.54, 1.807) is 0 Å². The van der Waals surface area contributed by atoms with Crippen molar-refractivity contribution >= 4 is 0 Å². The molecule has 0 amide bonds. The first-order valence-corrected chi connectivity index (χ1v) is 3.33. The SMILES string of the molecule is N#CCC1(F)CCCC1. The Morgan fingerprint density at radius 1 is 1.44 bits per heavy atom. The quantitative estimate of drug-likeness (QED) is 0.529. The lowest BCUT2D eigenvalue weighted by Crippen LogP contribution is -2.15. The predicted molar refractivity (Wildman–Crippen MR) is 32.5 cm³/mol. The molecule has 1 fully saturated rings. The van der Waals surface area contributed by atoms with E-state index in [4.69, 9.17) is 5.26 Å². The number of hydrogen-bond donors (Lipinski definition) is 0. The lowest BCUT2D eigenvalue weighted by molar-refractivity contribution is 0.179. The molecule has 1 saturated carbocycles. The fraction of sp³-hybridized carbons (Fsp3) is 0.857. The molecule has 1 nitrogen and oxygen atoms in total. The highest BCUT2D eigenvalue weighted by Crippen LogP contribution is 2.35. The van der Waals surface area contributed by atoms with Gasteiger partial charge in [-0.25, -0.2) is 4.39 Å². The van der Waals surface area contributed by atoms with Crippen LogP contribution in [0.3, 0.4) is 0 Å². The van der Waals surface area contributed by atoms with Crippen LogP contribution in [0.25, 0.3) is 0 Å². The molecule has 0 atom stereocenters. The number of hydrogen-bond acceptors (Lipinski definition) is 1. The molecule has 0 heterocycles. The van der Waals surface area contributed by atoms with Gasteiger partial charge in [-0.1, -0.05) is 12.8 Å². The highest BCUT2D eigenvalue weighted by Gasteiger charge is 2.32. The van der Waals surface area contributed by atoms with Crippen LogP contribution in [0.2, 0.25) is 0 Å². The molecule has 0 unspecified atom stereocenters. The van der Waals surface area contributed by atoms with Crippen molar-refractivity contribution in [2.24, 2.45) is 0 Å². The summed E-state index contributed by atoms with van der Waals surface area (Å²) in [5, 5.41) is 8.20. The number of nitrogens with zero attached hydrogens (tertiary/aromatic N) is 1. The number of alkyl halides is 1. The summed E-state index contributed by atoms with van der Waals surface area (Å²) in [4.78, 5) is 0. The molecule has 0 spiro atoms. The van der Waals surface area contributed by atoms with Gasteiger partial charge in [0, 0.05) is 0 Å². The summed E-state index contributed by atoms with van der Waals surface area (Å²) in [6.07, 6.45) is 3.20. The first-order chi connectivity index (χ1) is 4.27. The maximum Gasteiger partial charge on any atom is 0.124 e. The van der Waals surface area contributed by atoms with E-state index < -0.39 is 5.67 Å². The van der Waals surface area contributed by atoms with Crippen molar-refractivity contribution in [3.8, 4) is 6.07 Å². The van der Waals surface area contributed by atoms with Gasteiger partial charge in [-0.15, -0.1) is 0 Å². The molecule has 1 aliphatic rings. The smallest absolute Gasteiger partial charge is 0.124 e. The van der Waals surface area contributed by atoms with Crippen molar-refractivity contribution in [3.63, 3.8) is 0 Å². The predicted octanol–water partition coefficient (Wildman–Crippen LogP) is 2.18. The van der Waals surface area contributed by atoms with Gasteiger partial charge in [0.05, 0.1) is 12.5 Å². The second-order valence-corrected chi connectivity index (χ2v) is 2.69. The molecule has 0 aliphatic heterocycles. The number of rotatable bonds is 1. The summed E-state index contributed by atoms with van der Waals surface area (Å²) in [5.74, 6) is 0. The monoisotopic (exact) mass is 127 g/mol. The average Bonchev–Trinajstić information content (AvgIpc) is 2.16. The zero-order chi connectivity index (χ0) is 6.74. The molecular formula is C7H10FN. The van der Waals surface area contributed by atoms with Crippen molar-refractivity contribution in [2.75, 3.05) is 0 Å². The van der Waals surface area contributed by atoms with Crippen LogP contribution in [0.1, 0.15) is 32.1 Å². The van der Waals surface area contributed by atoms with E-state index in [1.807, 2.05) is 6.07 Å². The molecule has 0 saturated heterocycles. The standard InChI is InChI=1S/C7H10FN/c8-7(5-6-9)3-1-2-4-7/h1-5H2. The molecule has 0 bridgehead atoms. The second-order valence-electron chi connectivity index (χ2n) is 2.69. The van der Waals surface area contributed by atoms with Gasteiger partial charge in [0.1, 0.15) is 5.67 Å². The topological polar surface area (TPSA) is 23.8 Å². The molecule has 2 heteroatoms. The average molecular weight is 127 g/mol. The van der Waals surface area contributed by atoms with Gasteiger partial charge < -0.3 is 0 Å². The Morgan fingerprint density at radius 3 is 2.44 bits per heavy atom. The molecule has 0 radical (unpaired) electrons. The first-order valence-electron chi connectivity index (χ1n) is 3.33. The van der Waals surface area contributed by atoms with Gasteiger partial charge >= 0.3 is 0 Å². The van der Waals surface area contributed by atoms with Crippen molar-refractivity contribution in [1.82, 2.24) is 0 Å². The minimum absolute atomic E-state index is 0.0903. The molecule has 0 aromatic carbocycles. The minimum atomic E-state index is -1.12. The third-order valence-corrected chi connectivity index (χ3v) is 1.90. The Kier molecular flexibility index (Phi) is 1.70. The van der Waals surface area contributed by atoms with E-state index in [9.17, 15) is 4.39 Å². The molecule has 1 aliphatic carbocycles. The van der Waals surface area contributed by atoms with Crippen LogP contribution < -0.4 is 0 Å². The maximum absolute atomic E-state index is 13.1. The van der Waals surface area contributed by atoms with E-state index >= 15 is 0 Å². The summed E-state index contributed by atoms with van der Waals surface area (Å²) in [6, 6.07) is 1.88. The number of halogens is 1. The molecule has 1 rings (SSSR count). The minimum Gasteiger partial charge on any atom is -0.243 e. The van der Waals surface area contributed by atoms with Gasteiger partial charge in [0.25, 0.3) is 0 Å². The van der Waals surface area contributed by atoms with Crippen LogP contribution in [0.15, 0.2) is 0 Å². The van der Waals surface area contributed by atoms with Crippen molar-refractivity contribution < 1.29 is 4.39 Å². The molecule has 50 valence electrons. The zero-order valence-electron chi connectivity index (χ0n) is 5.36. The van der Waals surface area contributed by atoms with Crippen molar-refractivity contribution in [1.29, 1.82) is 5.26 Å². The molecule has 0 N–H and O–H groups in total. The largest absolute Gasteiger partial charge is 0.243 e. The van der Waals surface area contributed by atoms with E-state index in [2.05, 4.69) is 0 Å². The third kappa shape index (κ3) is 1.41. The third-order valence-electron chi connectivity index (χ3n) is 1.90.